The van der Waals surface area contributed by atoms with Gasteiger partial charge in [0.05, 0.1) is 25.1 Å². The number of para-hydroxylation sites is 1. The minimum atomic E-state index is -5.52. The Balaban J connectivity index is 0.000000489. The third-order valence-electron chi connectivity index (χ3n) is 8.69. The predicted octanol–water partition coefficient (Wildman–Crippen LogP) is -0.691. The largest absolute Gasteiger partial charge is 0.481 e. The van der Waals surface area contributed by atoms with E-state index in [1.54, 1.807) is 6.20 Å². The van der Waals surface area contributed by atoms with E-state index < -0.39 is 91.7 Å². The summed E-state index contributed by atoms with van der Waals surface area (Å²) in [5, 5.41) is 41.7. The number of nitrogen functional groups attached to an aromatic ring is 1. The molecule has 0 aliphatic carbocycles. The minimum absolute atomic E-state index is 0.00424. The Labute approximate surface area is 325 Å². The van der Waals surface area contributed by atoms with Gasteiger partial charge < -0.3 is 65.9 Å². The summed E-state index contributed by atoms with van der Waals surface area (Å²) in [5.74, 6) is -0.791. The van der Waals surface area contributed by atoms with Crippen molar-refractivity contribution >= 4 is 57.3 Å². The summed E-state index contributed by atoms with van der Waals surface area (Å²) in [5.41, 5.74) is 12.1. The fraction of sp³-hybridized carbons (Fsp3) is 0.379. The van der Waals surface area contributed by atoms with Gasteiger partial charge in [-0.2, -0.15) is 9.04 Å². The molecule has 0 spiro atoms. The van der Waals surface area contributed by atoms with Crippen LogP contribution in [0.25, 0.3) is 22.1 Å². The van der Waals surface area contributed by atoms with Gasteiger partial charge in [-0.1, -0.05) is 24.3 Å². The van der Waals surface area contributed by atoms with Gasteiger partial charge in [0.15, 0.2) is 23.9 Å². The molecule has 4 aromatic rings. The third kappa shape index (κ3) is 9.98. The van der Waals surface area contributed by atoms with Crippen molar-refractivity contribution in [3.63, 3.8) is 0 Å². The number of imidazole rings is 1. The van der Waals surface area contributed by atoms with Gasteiger partial charge in [-0.15, -0.1) is 0 Å². The fourth-order valence-electron chi connectivity index (χ4n) is 6.00. The zero-order chi connectivity index (χ0) is 42.2. The normalized spacial score (nSPS) is 28.2. The minimum Gasteiger partial charge on any atom is -0.428 e. The molecule has 316 valence electrons. The maximum atomic E-state index is 12.6. The van der Waals surface area contributed by atoms with Gasteiger partial charge in [0.25, 0.3) is 0 Å². The number of rotatable bonds is 13. The number of nitrogens with zero attached hydrogens (tertiary/aromatic N) is 6. The lowest BCUT2D eigenvalue weighted by Gasteiger charge is -2.28. The number of phosphoric acid groups is 3. The molecule has 6 heterocycles. The Bertz CT molecular complexity index is 2340. The van der Waals surface area contributed by atoms with Gasteiger partial charge in [0.1, 0.15) is 48.5 Å². The predicted molar refractivity (Wildman–Crippen MR) is 192 cm³/mol. The van der Waals surface area contributed by atoms with E-state index in [-0.39, 0.29) is 29.0 Å². The first kappa shape index (κ1) is 43.4. The number of allylic oxidation sites excluding steroid dienone is 1. The zero-order valence-electron chi connectivity index (χ0n) is 29.4. The Morgan fingerprint density at radius 3 is 2.21 bits per heavy atom. The van der Waals surface area contributed by atoms with Crippen molar-refractivity contribution in [1.29, 1.82) is 0 Å². The lowest BCUT2D eigenvalue weighted by atomic mass is 10.1. The van der Waals surface area contributed by atoms with E-state index in [0.717, 1.165) is 32.9 Å². The highest BCUT2D eigenvalue weighted by Gasteiger charge is 2.51. The Morgan fingerprint density at radius 1 is 0.897 bits per heavy atom. The standard InChI is InChI=1S/C21H30N7O17P3.C8H7NO/c22-17-12-19(25-7-24-17)28(8-26-12)21-16(44-46(33,34)35)14(30)11(43-21)6-41-48(38,39)45-47(36,37)40-5-10-13(29)15(31)20(42-10)27-3-1-2-9(4-27)18(23)32;10-9-6-5-7-3-1-2-4-8(7)9/h1,3-4,7-8,10-11,13-16,20-21,29-31H,2,5-6H2,(H2,23,32)(H,36,37)(H,38,39)(H2,22,24,25)(H2,33,34,35);1-6,10H/t10-,11-,13-,14-,15-,16-,20-,21-;/m1./s1. The number of hydrogen-bond donors (Lipinski definition) is 10. The van der Waals surface area contributed by atoms with Crippen LogP contribution < -0.4 is 11.5 Å². The number of anilines is 1. The van der Waals surface area contributed by atoms with Gasteiger partial charge in [0.2, 0.25) is 5.91 Å². The van der Waals surface area contributed by atoms with Crippen LogP contribution >= 0.6 is 23.5 Å². The molecule has 0 bridgehead atoms. The number of carbonyl (C=O) groups is 1. The second kappa shape index (κ2) is 17.2. The molecule has 2 saturated heterocycles. The molecule has 3 aliphatic heterocycles. The van der Waals surface area contributed by atoms with E-state index in [2.05, 4.69) is 23.8 Å². The van der Waals surface area contributed by atoms with Crippen LogP contribution in [0, 0.1) is 0 Å². The van der Waals surface area contributed by atoms with E-state index in [0.29, 0.717) is 0 Å². The topological polar surface area (TPSA) is 389 Å². The van der Waals surface area contributed by atoms with E-state index in [1.807, 2.05) is 30.3 Å². The highest BCUT2D eigenvalue weighted by Crippen LogP contribution is 2.61. The number of aliphatic hydroxyl groups is 3. The third-order valence-corrected chi connectivity index (χ3v) is 11.8. The summed E-state index contributed by atoms with van der Waals surface area (Å²) in [4.78, 5) is 63.4. The highest BCUT2D eigenvalue weighted by molar-refractivity contribution is 7.61. The number of primary amides is 1. The molecule has 12 N–H and O–H groups in total. The van der Waals surface area contributed by atoms with Crippen molar-refractivity contribution in [2.75, 3.05) is 18.9 Å². The van der Waals surface area contributed by atoms with Gasteiger partial charge >= 0.3 is 23.5 Å². The van der Waals surface area contributed by atoms with E-state index in [9.17, 15) is 53.4 Å². The first-order chi connectivity index (χ1) is 27.2. The molecule has 10 atom stereocenters. The summed E-state index contributed by atoms with van der Waals surface area (Å²) in [6, 6.07) is 9.55. The molecule has 3 aliphatic rings. The summed E-state index contributed by atoms with van der Waals surface area (Å²) in [6.07, 6.45) is -4.84. The Morgan fingerprint density at radius 2 is 1.55 bits per heavy atom. The number of ether oxygens (including phenoxy) is 2. The number of hydrogen-bond acceptors (Lipinski definition) is 19. The SMILES string of the molecule is NC(=O)C1=CN([C@@H]2O[C@H](COP(=O)(O)OP(=O)(O)OC[C@H]3O[C@@H](n4cnc5c(N)ncnc54)[C@H](OP(=O)(O)O)[C@@H]3O)[C@@H](O)[C@H]2O)C=CC1.On1ccc2ccccc21. The average Bonchev–Trinajstić information content (AvgIpc) is 3.91. The lowest BCUT2D eigenvalue weighted by molar-refractivity contribution is -0.115. The van der Waals surface area contributed by atoms with Crippen LogP contribution in [-0.2, 0) is 45.8 Å². The number of aliphatic hydroxyl groups excluding tert-OH is 3. The smallest absolute Gasteiger partial charge is 0.428 e. The van der Waals surface area contributed by atoms with Crippen LogP contribution in [0.1, 0.15) is 12.6 Å². The summed E-state index contributed by atoms with van der Waals surface area (Å²) < 4.78 is 68.3. The second-order valence-corrected chi connectivity index (χ2v) is 16.9. The van der Waals surface area contributed by atoms with Crippen LogP contribution in [0.15, 0.2) is 73.2 Å². The summed E-state index contributed by atoms with van der Waals surface area (Å²) >= 11 is 0. The molecule has 1 amide bonds. The molecule has 2 unspecified atom stereocenters. The Hall–Kier alpha value is -4.17. The molecule has 26 nitrogen and oxygen atoms in total. The van der Waals surface area contributed by atoms with Crippen molar-refractivity contribution in [1.82, 2.24) is 29.1 Å². The number of nitrogens with two attached hydrogens (primary N) is 2. The monoisotopic (exact) mass is 878 g/mol. The maximum absolute atomic E-state index is 12.6. The number of carbonyl (C=O) groups excluding carboxylic acids is 1. The number of amides is 1. The molecule has 7 rings (SSSR count). The van der Waals surface area contributed by atoms with Gasteiger partial charge in [0, 0.05) is 29.6 Å². The first-order valence-electron chi connectivity index (χ1n) is 16.6. The van der Waals surface area contributed by atoms with Crippen LogP contribution in [0.5, 0.6) is 0 Å². The van der Waals surface area contributed by atoms with Crippen LogP contribution in [-0.4, -0.2) is 131 Å². The molecule has 1 aromatic carbocycles. The molecule has 2 fully saturated rings. The van der Waals surface area contributed by atoms with E-state index in [4.69, 9.17) is 35.2 Å². The molecular weight excluding hydrogens is 841 g/mol. The first-order valence-corrected chi connectivity index (χ1v) is 21.1. The van der Waals surface area contributed by atoms with Crippen molar-refractivity contribution in [2.24, 2.45) is 5.73 Å². The van der Waals surface area contributed by atoms with Crippen molar-refractivity contribution in [3.05, 3.63) is 73.2 Å². The van der Waals surface area contributed by atoms with Crippen molar-refractivity contribution < 1.29 is 85.9 Å². The molecule has 58 heavy (non-hydrogen) atoms. The van der Waals surface area contributed by atoms with Gasteiger partial charge in [-0.25, -0.2) is 28.6 Å². The zero-order valence-corrected chi connectivity index (χ0v) is 32.1. The molecule has 29 heteroatoms. The summed E-state index contributed by atoms with van der Waals surface area (Å²) in [7, 11) is -16.3. The molecule has 3 aromatic heterocycles. The quantitative estimate of drug-likeness (QED) is 0.0587. The van der Waals surface area contributed by atoms with Crippen LogP contribution in [0.4, 0.5) is 5.82 Å². The second-order valence-electron chi connectivity index (χ2n) is 12.6. The molecule has 0 saturated carbocycles. The van der Waals surface area contributed by atoms with Crippen LogP contribution in [0.3, 0.4) is 0 Å². The van der Waals surface area contributed by atoms with Crippen molar-refractivity contribution in [2.45, 2.75) is 55.5 Å². The Kier molecular flexibility index (Phi) is 12.9. The van der Waals surface area contributed by atoms with E-state index >= 15 is 0 Å². The number of phosphoric ester groups is 3. The van der Waals surface area contributed by atoms with E-state index in [1.165, 1.54) is 23.4 Å². The maximum Gasteiger partial charge on any atom is 0.481 e. The molecular formula is C29H37N8O18P3. The number of fused-ring (bicyclic) bond motifs is 2. The van der Waals surface area contributed by atoms with Gasteiger partial charge in [-0.05, 0) is 18.6 Å². The summed E-state index contributed by atoms with van der Waals surface area (Å²) in [6.45, 7) is -2.02. The average molecular weight is 879 g/mol. The molecule has 0 radical (unpaired) electrons. The highest BCUT2D eigenvalue weighted by atomic mass is 31.3. The van der Waals surface area contributed by atoms with Crippen molar-refractivity contribution in [3.8, 4) is 0 Å². The lowest BCUT2D eigenvalue weighted by Crippen LogP contribution is -2.40. The number of benzene rings is 1. The fourth-order valence-corrected chi connectivity index (χ4v) is 8.64. The number of aromatic nitrogens is 5. The van der Waals surface area contributed by atoms with Gasteiger partial charge in [-0.3, -0.25) is 22.9 Å². The van der Waals surface area contributed by atoms with Crippen LogP contribution in [0.2, 0.25) is 0 Å².